The first kappa shape index (κ1) is 11.2. The van der Waals surface area contributed by atoms with Gasteiger partial charge in [0.15, 0.2) is 5.75 Å². The molecular weight excluding hydrogens is 248 g/mol. The molecular formula is C11H10N6O2. The molecule has 0 amide bonds. The van der Waals surface area contributed by atoms with Crippen molar-refractivity contribution in [2.45, 2.75) is 0 Å². The zero-order chi connectivity index (χ0) is 13.2. The number of hydrogen-bond acceptors (Lipinski definition) is 7. The van der Waals surface area contributed by atoms with Gasteiger partial charge in [0, 0.05) is 6.07 Å². The lowest BCUT2D eigenvalue weighted by Gasteiger charge is -2.09. The molecule has 3 rings (SSSR count). The highest BCUT2D eigenvalue weighted by Gasteiger charge is 2.09. The van der Waals surface area contributed by atoms with Crippen molar-refractivity contribution in [1.82, 2.24) is 25.0 Å². The van der Waals surface area contributed by atoms with Crippen LogP contribution in [0, 0.1) is 0 Å². The Kier molecular flexibility index (Phi) is 2.60. The van der Waals surface area contributed by atoms with Crippen LogP contribution in [0.1, 0.15) is 0 Å². The van der Waals surface area contributed by atoms with Crippen molar-refractivity contribution in [3.8, 4) is 17.4 Å². The third-order valence-electron chi connectivity index (χ3n) is 2.51. The molecule has 96 valence electrons. The Morgan fingerprint density at radius 3 is 2.95 bits per heavy atom. The lowest BCUT2D eigenvalue weighted by Crippen LogP contribution is -1.99. The van der Waals surface area contributed by atoms with Crippen LogP contribution in [0.5, 0.6) is 17.4 Å². The third kappa shape index (κ3) is 1.99. The quantitative estimate of drug-likeness (QED) is 0.696. The smallest absolute Gasteiger partial charge is 0.242 e. The van der Waals surface area contributed by atoms with E-state index in [1.165, 1.54) is 16.9 Å². The van der Waals surface area contributed by atoms with E-state index in [1.54, 1.807) is 25.3 Å². The van der Waals surface area contributed by atoms with Crippen LogP contribution in [-0.4, -0.2) is 32.1 Å². The number of rotatable bonds is 3. The molecule has 0 radical (unpaired) electrons. The van der Waals surface area contributed by atoms with E-state index < -0.39 is 0 Å². The van der Waals surface area contributed by atoms with E-state index in [2.05, 4.69) is 20.5 Å². The fourth-order valence-electron chi connectivity index (χ4n) is 1.58. The van der Waals surface area contributed by atoms with Gasteiger partial charge < -0.3 is 15.2 Å². The predicted octanol–water partition coefficient (Wildman–Crippen LogP) is 0.902. The molecule has 1 aromatic carbocycles. The number of hydrogen-bond donors (Lipinski definition) is 1. The molecule has 2 heterocycles. The highest BCUT2D eigenvalue weighted by atomic mass is 16.5. The van der Waals surface area contributed by atoms with Gasteiger partial charge in [0.1, 0.15) is 5.75 Å². The van der Waals surface area contributed by atoms with Gasteiger partial charge in [-0.1, -0.05) is 0 Å². The minimum atomic E-state index is 0.374. The normalized spacial score (nSPS) is 10.6. The van der Waals surface area contributed by atoms with Crippen LogP contribution >= 0.6 is 0 Å². The Morgan fingerprint density at radius 2 is 2.16 bits per heavy atom. The topological polar surface area (TPSA) is 100 Å². The van der Waals surface area contributed by atoms with Gasteiger partial charge in [-0.3, -0.25) is 4.98 Å². The summed E-state index contributed by atoms with van der Waals surface area (Å²) in [5.41, 5.74) is 6.82. The number of tetrazole rings is 1. The second kappa shape index (κ2) is 4.41. The van der Waals surface area contributed by atoms with Crippen molar-refractivity contribution in [2.24, 2.45) is 0 Å². The Labute approximate surface area is 107 Å². The molecule has 0 spiro atoms. The van der Waals surface area contributed by atoms with Crippen LogP contribution in [0.4, 0.5) is 5.69 Å². The summed E-state index contributed by atoms with van der Waals surface area (Å²) in [6.45, 7) is 0. The zero-order valence-corrected chi connectivity index (χ0v) is 10.0. The maximum Gasteiger partial charge on any atom is 0.242 e. The molecule has 0 saturated carbocycles. The van der Waals surface area contributed by atoms with Crippen LogP contribution in [0.3, 0.4) is 0 Å². The summed E-state index contributed by atoms with van der Waals surface area (Å²) in [5, 5.41) is 11.1. The van der Waals surface area contributed by atoms with Crippen molar-refractivity contribution < 1.29 is 9.47 Å². The first-order valence-corrected chi connectivity index (χ1v) is 5.41. The third-order valence-corrected chi connectivity index (χ3v) is 2.51. The number of nitrogens with zero attached hydrogens (tertiary/aromatic N) is 5. The molecule has 0 atom stereocenters. The van der Waals surface area contributed by atoms with Crippen LogP contribution in [0.2, 0.25) is 0 Å². The minimum Gasteiger partial charge on any atom is -0.497 e. The molecule has 0 unspecified atom stereocenters. The Bertz CT molecular complexity index is 726. The number of nitrogen functional groups attached to an aromatic ring is 1. The summed E-state index contributed by atoms with van der Waals surface area (Å²) < 4.78 is 12.2. The summed E-state index contributed by atoms with van der Waals surface area (Å²) in [4.78, 5) is 3.99. The Balaban J connectivity index is 1.99. The van der Waals surface area contributed by atoms with E-state index in [0.29, 0.717) is 28.7 Å². The summed E-state index contributed by atoms with van der Waals surface area (Å²) in [7, 11) is 1.57. The first-order valence-electron chi connectivity index (χ1n) is 5.41. The number of methoxy groups -OCH3 is 1. The van der Waals surface area contributed by atoms with E-state index in [0.717, 1.165) is 0 Å². The van der Waals surface area contributed by atoms with E-state index in [-0.39, 0.29) is 0 Å². The molecule has 2 N–H and O–H groups in total. The standard InChI is InChI=1S/C11H10N6O2/c1-18-7-2-3-9(8(12)4-7)19-11-6-13-5-10-14-15-16-17(10)11/h2-6H,12H2,1H3. The van der Waals surface area contributed by atoms with E-state index in [4.69, 9.17) is 15.2 Å². The molecule has 0 fully saturated rings. The minimum absolute atomic E-state index is 0.374. The highest BCUT2D eigenvalue weighted by molar-refractivity contribution is 5.57. The van der Waals surface area contributed by atoms with Gasteiger partial charge in [0.05, 0.1) is 25.2 Å². The van der Waals surface area contributed by atoms with Crippen molar-refractivity contribution in [2.75, 3.05) is 12.8 Å². The number of aromatic nitrogens is 5. The number of fused-ring (bicyclic) bond motifs is 1. The lowest BCUT2D eigenvalue weighted by molar-refractivity contribution is 0.411. The van der Waals surface area contributed by atoms with E-state index in [1.807, 2.05) is 0 Å². The van der Waals surface area contributed by atoms with E-state index >= 15 is 0 Å². The van der Waals surface area contributed by atoms with Crippen molar-refractivity contribution >= 4 is 11.3 Å². The zero-order valence-electron chi connectivity index (χ0n) is 10.0. The fourth-order valence-corrected chi connectivity index (χ4v) is 1.58. The molecule has 0 saturated heterocycles. The summed E-state index contributed by atoms with van der Waals surface area (Å²) >= 11 is 0. The van der Waals surface area contributed by atoms with Gasteiger partial charge in [0.25, 0.3) is 0 Å². The SMILES string of the molecule is COc1ccc(Oc2cncc3nnnn23)c(N)c1. The average molecular weight is 258 g/mol. The molecule has 0 aliphatic heterocycles. The monoisotopic (exact) mass is 258 g/mol. The number of ether oxygens (including phenoxy) is 2. The van der Waals surface area contributed by atoms with E-state index in [9.17, 15) is 0 Å². The molecule has 2 aromatic heterocycles. The second-order valence-corrected chi connectivity index (χ2v) is 3.70. The van der Waals surface area contributed by atoms with Gasteiger partial charge in [-0.25, -0.2) is 0 Å². The molecule has 0 aliphatic carbocycles. The molecule has 3 aromatic rings. The van der Waals surface area contributed by atoms with Gasteiger partial charge in [-0.05, 0) is 22.6 Å². The molecule has 19 heavy (non-hydrogen) atoms. The van der Waals surface area contributed by atoms with Crippen LogP contribution in [0.15, 0.2) is 30.6 Å². The van der Waals surface area contributed by atoms with Crippen molar-refractivity contribution in [3.63, 3.8) is 0 Å². The second-order valence-electron chi connectivity index (χ2n) is 3.70. The molecule has 0 bridgehead atoms. The first-order chi connectivity index (χ1) is 9.28. The van der Waals surface area contributed by atoms with Crippen LogP contribution in [0.25, 0.3) is 5.65 Å². The van der Waals surface area contributed by atoms with Crippen LogP contribution < -0.4 is 15.2 Å². The van der Waals surface area contributed by atoms with Gasteiger partial charge in [-0.15, -0.1) is 5.10 Å². The van der Waals surface area contributed by atoms with Gasteiger partial charge in [-0.2, -0.15) is 4.52 Å². The van der Waals surface area contributed by atoms with Crippen molar-refractivity contribution in [3.05, 3.63) is 30.6 Å². The molecule has 0 aliphatic rings. The summed E-state index contributed by atoms with van der Waals surface area (Å²) in [6.07, 6.45) is 3.04. The molecule has 8 heteroatoms. The largest absolute Gasteiger partial charge is 0.497 e. The predicted molar refractivity (Wildman–Crippen MR) is 66.1 cm³/mol. The Hall–Kier alpha value is -2.90. The fraction of sp³-hybridized carbons (Fsp3) is 0.0909. The maximum atomic E-state index is 5.88. The average Bonchev–Trinajstić information content (AvgIpc) is 2.90. The highest BCUT2D eigenvalue weighted by Crippen LogP contribution is 2.30. The molecule has 8 nitrogen and oxygen atoms in total. The Morgan fingerprint density at radius 1 is 1.26 bits per heavy atom. The number of benzene rings is 1. The lowest BCUT2D eigenvalue weighted by atomic mass is 10.3. The maximum absolute atomic E-state index is 5.88. The van der Waals surface area contributed by atoms with Gasteiger partial charge >= 0.3 is 0 Å². The van der Waals surface area contributed by atoms with Crippen LogP contribution in [-0.2, 0) is 0 Å². The summed E-state index contributed by atoms with van der Waals surface area (Å²) in [5.74, 6) is 1.51. The number of nitrogens with two attached hydrogens (primary N) is 1. The summed E-state index contributed by atoms with van der Waals surface area (Å²) in [6, 6.07) is 5.12. The van der Waals surface area contributed by atoms with Crippen molar-refractivity contribution in [1.29, 1.82) is 0 Å². The van der Waals surface area contributed by atoms with Gasteiger partial charge in [0.2, 0.25) is 11.5 Å². The number of anilines is 1.